The fraction of sp³-hybridized carbons (Fsp3) is 0.750. The number of aliphatic hydroxyl groups is 1. The van der Waals surface area contributed by atoms with Gasteiger partial charge in [0, 0.05) is 18.1 Å². The van der Waals surface area contributed by atoms with E-state index >= 15 is 0 Å². The zero-order valence-corrected chi connectivity index (χ0v) is 15.6. The molecule has 1 aromatic rings. The lowest BCUT2D eigenvalue weighted by Crippen LogP contribution is -2.49. The number of carbonyl (C=O) groups excluding carboxylic acids is 1. The first kappa shape index (κ1) is 18.5. The van der Waals surface area contributed by atoms with E-state index in [2.05, 4.69) is 23.6 Å². The second-order valence-corrected chi connectivity index (χ2v) is 7.87. The molecule has 5 heteroatoms. The van der Waals surface area contributed by atoms with Crippen molar-refractivity contribution >= 4 is 5.91 Å². The molecule has 2 unspecified atom stereocenters. The highest BCUT2D eigenvalue weighted by Gasteiger charge is 2.33. The normalized spacial score (nSPS) is 23.4. The van der Waals surface area contributed by atoms with Gasteiger partial charge in [0.15, 0.2) is 0 Å². The summed E-state index contributed by atoms with van der Waals surface area (Å²) in [5, 5.41) is 10.4. The molecule has 2 aliphatic rings. The van der Waals surface area contributed by atoms with Crippen LogP contribution in [0.1, 0.15) is 70.7 Å². The van der Waals surface area contributed by atoms with Crippen molar-refractivity contribution in [2.75, 3.05) is 13.1 Å². The smallest absolute Gasteiger partial charge is 0.237 e. The fourth-order valence-electron chi connectivity index (χ4n) is 4.58. The van der Waals surface area contributed by atoms with Crippen LogP contribution in [0.3, 0.4) is 0 Å². The summed E-state index contributed by atoms with van der Waals surface area (Å²) in [4.78, 5) is 17.4. The van der Waals surface area contributed by atoms with E-state index in [9.17, 15) is 9.90 Å². The van der Waals surface area contributed by atoms with Crippen molar-refractivity contribution in [1.82, 2.24) is 9.80 Å². The summed E-state index contributed by atoms with van der Waals surface area (Å²) >= 11 is 0. The molecule has 2 fully saturated rings. The molecule has 1 saturated heterocycles. The SMILES string of the molecule is CC(C)N(C(=O)CN1CCCC1CC(O)c1ccco1)C1CCCC1. The Labute approximate surface area is 151 Å². The van der Waals surface area contributed by atoms with Gasteiger partial charge in [0.1, 0.15) is 11.9 Å². The maximum Gasteiger partial charge on any atom is 0.237 e. The summed E-state index contributed by atoms with van der Waals surface area (Å²) in [6.45, 7) is 5.67. The number of hydrogen-bond acceptors (Lipinski definition) is 4. The molecule has 1 N–H and O–H groups in total. The molecule has 0 aromatic carbocycles. The highest BCUT2D eigenvalue weighted by Crippen LogP contribution is 2.29. The van der Waals surface area contributed by atoms with Gasteiger partial charge in [-0.1, -0.05) is 12.8 Å². The lowest BCUT2D eigenvalue weighted by molar-refractivity contribution is -0.137. The number of carbonyl (C=O) groups is 1. The summed E-state index contributed by atoms with van der Waals surface area (Å²) in [6, 6.07) is 4.54. The first-order valence-electron chi connectivity index (χ1n) is 9.83. The lowest BCUT2D eigenvalue weighted by Gasteiger charge is -2.35. The molecule has 0 radical (unpaired) electrons. The molecule has 3 rings (SSSR count). The quantitative estimate of drug-likeness (QED) is 0.821. The third-order valence-electron chi connectivity index (χ3n) is 5.77. The average molecular weight is 348 g/mol. The van der Waals surface area contributed by atoms with E-state index in [0.29, 0.717) is 24.8 Å². The number of amides is 1. The topological polar surface area (TPSA) is 56.9 Å². The van der Waals surface area contributed by atoms with E-state index in [4.69, 9.17) is 4.42 Å². The van der Waals surface area contributed by atoms with Crippen molar-refractivity contribution in [3.8, 4) is 0 Å². The van der Waals surface area contributed by atoms with Gasteiger partial charge in [0.2, 0.25) is 5.91 Å². The molecule has 1 amide bonds. The number of aliphatic hydroxyl groups excluding tert-OH is 1. The molecule has 1 saturated carbocycles. The first-order chi connectivity index (χ1) is 12.1. The molecular formula is C20H32N2O3. The van der Waals surface area contributed by atoms with Gasteiger partial charge in [-0.15, -0.1) is 0 Å². The molecule has 2 atom stereocenters. The Morgan fingerprint density at radius 2 is 2.08 bits per heavy atom. The fourth-order valence-corrected chi connectivity index (χ4v) is 4.58. The zero-order valence-electron chi connectivity index (χ0n) is 15.6. The van der Waals surface area contributed by atoms with Crippen LogP contribution in [0.15, 0.2) is 22.8 Å². The molecule has 25 heavy (non-hydrogen) atoms. The van der Waals surface area contributed by atoms with Gasteiger partial charge < -0.3 is 14.4 Å². The van der Waals surface area contributed by atoms with Crippen LogP contribution in [0, 0.1) is 0 Å². The van der Waals surface area contributed by atoms with Gasteiger partial charge in [-0.25, -0.2) is 0 Å². The Hall–Kier alpha value is -1.33. The van der Waals surface area contributed by atoms with Crippen LogP contribution in [0.2, 0.25) is 0 Å². The van der Waals surface area contributed by atoms with Crippen LogP contribution in [-0.4, -0.2) is 52.0 Å². The van der Waals surface area contributed by atoms with Crippen LogP contribution in [0.5, 0.6) is 0 Å². The zero-order chi connectivity index (χ0) is 17.8. The standard InChI is InChI=1S/C20H32N2O3/c1-15(2)22(16-7-3-4-8-16)20(24)14-21-11-5-9-17(21)13-18(23)19-10-6-12-25-19/h6,10,12,15-18,23H,3-5,7-9,11,13-14H2,1-2H3. The predicted molar refractivity (Wildman–Crippen MR) is 97.1 cm³/mol. The largest absolute Gasteiger partial charge is 0.467 e. The van der Waals surface area contributed by atoms with Crippen LogP contribution in [0.25, 0.3) is 0 Å². The molecular weight excluding hydrogens is 316 g/mol. The van der Waals surface area contributed by atoms with E-state index < -0.39 is 6.10 Å². The van der Waals surface area contributed by atoms with E-state index in [1.165, 1.54) is 12.8 Å². The third kappa shape index (κ3) is 4.45. The predicted octanol–water partition coefficient (Wildman–Crippen LogP) is 3.35. The molecule has 1 aromatic heterocycles. The minimum absolute atomic E-state index is 0.251. The summed E-state index contributed by atoms with van der Waals surface area (Å²) in [5.74, 6) is 0.870. The van der Waals surface area contributed by atoms with Crippen molar-refractivity contribution in [2.45, 2.75) is 83.0 Å². The van der Waals surface area contributed by atoms with Gasteiger partial charge in [-0.3, -0.25) is 9.69 Å². The van der Waals surface area contributed by atoms with Gasteiger partial charge >= 0.3 is 0 Å². The maximum atomic E-state index is 13.0. The Morgan fingerprint density at radius 1 is 1.32 bits per heavy atom. The third-order valence-corrected chi connectivity index (χ3v) is 5.77. The Bertz CT molecular complexity index is 537. The summed E-state index contributed by atoms with van der Waals surface area (Å²) in [5.41, 5.74) is 0. The number of likely N-dealkylation sites (tertiary alicyclic amines) is 1. The van der Waals surface area contributed by atoms with Crippen molar-refractivity contribution in [3.05, 3.63) is 24.2 Å². The van der Waals surface area contributed by atoms with E-state index in [0.717, 1.165) is 32.2 Å². The molecule has 1 aliphatic heterocycles. The Kier molecular flexibility index (Phi) is 6.18. The monoisotopic (exact) mass is 348 g/mol. The Morgan fingerprint density at radius 3 is 2.72 bits per heavy atom. The van der Waals surface area contributed by atoms with Crippen LogP contribution in [-0.2, 0) is 4.79 Å². The number of nitrogens with zero attached hydrogens (tertiary/aromatic N) is 2. The maximum absolute atomic E-state index is 13.0. The van der Waals surface area contributed by atoms with E-state index in [-0.39, 0.29) is 18.0 Å². The van der Waals surface area contributed by atoms with Crippen molar-refractivity contribution in [3.63, 3.8) is 0 Å². The lowest BCUT2D eigenvalue weighted by atomic mass is 10.0. The minimum Gasteiger partial charge on any atom is -0.467 e. The second kappa shape index (κ2) is 8.37. The second-order valence-electron chi connectivity index (χ2n) is 7.87. The molecule has 0 bridgehead atoms. The molecule has 1 aliphatic carbocycles. The van der Waals surface area contributed by atoms with Crippen LogP contribution >= 0.6 is 0 Å². The number of furan rings is 1. The van der Waals surface area contributed by atoms with Crippen molar-refractivity contribution in [2.24, 2.45) is 0 Å². The molecule has 140 valence electrons. The van der Waals surface area contributed by atoms with E-state index in [1.807, 2.05) is 6.07 Å². The molecule has 2 heterocycles. The Balaban J connectivity index is 1.59. The van der Waals surface area contributed by atoms with Gasteiger partial charge in [0.25, 0.3) is 0 Å². The summed E-state index contributed by atoms with van der Waals surface area (Å²) in [7, 11) is 0. The average Bonchev–Trinajstić information content (AvgIpc) is 3.29. The summed E-state index contributed by atoms with van der Waals surface area (Å²) in [6.07, 6.45) is 8.53. The molecule has 0 spiro atoms. The van der Waals surface area contributed by atoms with Crippen LogP contribution in [0.4, 0.5) is 0 Å². The van der Waals surface area contributed by atoms with Crippen LogP contribution < -0.4 is 0 Å². The summed E-state index contributed by atoms with van der Waals surface area (Å²) < 4.78 is 5.32. The van der Waals surface area contributed by atoms with Gasteiger partial charge in [-0.05, 0) is 64.6 Å². The number of hydrogen-bond donors (Lipinski definition) is 1. The highest BCUT2D eigenvalue weighted by atomic mass is 16.4. The first-order valence-corrected chi connectivity index (χ1v) is 9.83. The minimum atomic E-state index is -0.591. The number of rotatable bonds is 7. The van der Waals surface area contributed by atoms with Gasteiger partial charge in [-0.2, -0.15) is 0 Å². The highest BCUT2D eigenvalue weighted by molar-refractivity contribution is 5.79. The van der Waals surface area contributed by atoms with Crippen molar-refractivity contribution in [1.29, 1.82) is 0 Å². The van der Waals surface area contributed by atoms with Gasteiger partial charge in [0.05, 0.1) is 12.8 Å². The molecule has 5 nitrogen and oxygen atoms in total. The van der Waals surface area contributed by atoms with E-state index in [1.54, 1.807) is 12.3 Å². The van der Waals surface area contributed by atoms with Crippen molar-refractivity contribution < 1.29 is 14.3 Å².